The molecule has 0 amide bonds. The number of hydrogen-bond acceptors (Lipinski definition) is 3. The van der Waals surface area contributed by atoms with Gasteiger partial charge in [0.25, 0.3) is 0 Å². The number of anilines is 1. The van der Waals surface area contributed by atoms with Crippen molar-refractivity contribution in [3.63, 3.8) is 0 Å². The topological polar surface area (TPSA) is 76.2 Å². The van der Waals surface area contributed by atoms with Gasteiger partial charge in [-0.1, -0.05) is 6.07 Å². The molecule has 0 atom stereocenters. The average molecular weight is 256 g/mol. The maximum Gasteiger partial charge on any atom is 0.433 e. The van der Waals surface area contributed by atoms with Crippen LogP contribution in [0.2, 0.25) is 0 Å². The van der Waals surface area contributed by atoms with Crippen LogP contribution in [0.1, 0.15) is 16.1 Å². The van der Waals surface area contributed by atoms with E-state index in [-0.39, 0.29) is 16.8 Å². The summed E-state index contributed by atoms with van der Waals surface area (Å²) in [7, 11) is 0. The highest BCUT2D eigenvalue weighted by atomic mass is 19.4. The molecule has 1 aromatic heterocycles. The second kappa shape index (κ2) is 3.86. The molecule has 4 nitrogen and oxygen atoms in total. The number of hydrogen-bond donors (Lipinski definition) is 2. The molecule has 2 aromatic rings. The highest BCUT2D eigenvalue weighted by Crippen LogP contribution is 2.30. The molecule has 18 heavy (non-hydrogen) atoms. The van der Waals surface area contributed by atoms with E-state index in [4.69, 9.17) is 10.8 Å². The smallest absolute Gasteiger partial charge is 0.433 e. The molecule has 0 saturated heterocycles. The number of nitrogens with zero attached hydrogens (tertiary/aromatic N) is 1. The van der Waals surface area contributed by atoms with E-state index in [1.165, 1.54) is 12.1 Å². The Morgan fingerprint density at radius 3 is 2.50 bits per heavy atom. The fourth-order valence-corrected chi connectivity index (χ4v) is 1.53. The lowest BCUT2D eigenvalue weighted by molar-refractivity contribution is -0.140. The second-order valence-electron chi connectivity index (χ2n) is 3.63. The number of carbonyl (C=O) groups is 1. The van der Waals surface area contributed by atoms with E-state index in [1.807, 2.05) is 0 Å². The van der Waals surface area contributed by atoms with Crippen molar-refractivity contribution in [1.82, 2.24) is 4.98 Å². The quantitative estimate of drug-likeness (QED) is 0.768. The minimum atomic E-state index is -4.57. The summed E-state index contributed by atoms with van der Waals surface area (Å²) in [6.45, 7) is 0. The Hall–Kier alpha value is -2.31. The van der Waals surface area contributed by atoms with Gasteiger partial charge in [0, 0.05) is 11.1 Å². The molecule has 2 rings (SSSR count). The van der Waals surface area contributed by atoms with Crippen LogP contribution >= 0.6 is 0 Å². The number of pyridine rings is 1. The maximum atomic E-state index is 12.5. The van der Waals surface area contributed by atoms with Crippen LogP contribution in [-0.4, -0.2) is 16.1 Å². The zero-order valence-corrected chi connectivity index (χ0v) is 8.82. The zero-order chi connectivity index (χ0) is 13.5. The van der Waals surface area contributed by atoms with Gasteiger partial charge in [0.1, 0.15) is 5.69 Å². The fraction of sp³-hybridized carbons (Fsp3) is 0.0909. The maximum absolute atomic E-state index is 12.5. The van der Waals surface area contributed by atoms with Crippen molar-refractivity contribution >= 4 is 22.6 Å². The number of halogens is 3. The SMILES string of the molecule is Nc1cc2ccc(C(F)(F)F)nc2cc1C(=O)O. The van der Waals surface area contributed by atoms with E-state index in [2.05, 4.69) is 4.98 Å². The first kappa shape index (κ1) is 12.2. The molecule has 7 heteroatoms. The average Bonchev–Trinajstić information content (AvgIpc) is 2.25. The van der Waals surface area contributed by atoms with Gasteiger partial charge >= 0.3 is 12.1 Å². The van der Waals surface area contributed by atoms with Crippen LogP contribution in [0.15, 0.2) is 24.3 Å². The number of nitrogens with two attached hydrogens (primary N) is 1. The lowest BCUT2D eigenvalue weighted by Crippen LogP contribution is -2.08. The summed E-state index contributed by atoms with van der Waals surface area (Å²) in [4.78, 5) is 14.2. The van der Waals surface area contributed by atoms with E-state index in [0.717, 1.165) is 12.1 Å². The van der Waals surface area contributed by atoms with E-state index < -0.39 is 17.8 Å². The Morgan fingerprint density at radius 1 is 1.28 bits per heavy atom. The van der Waals surface area contributed by atoms with Crippen LogP contribution in [-0.2, 0) is 6.18 Å². The molecule has 0 spiro atoms. The molecule has 0 saturated carbocycles. The summed E-state index contributed by atoms with van der Waals surface area (Å²) < 4.78 is 37.4. The van der Waals surface area contributed by atoms with Gasteiger partial charge in [0.15, 0.2) is 0 Å². The number of carboxylic acid groups (broad SMARTS) is 1. The molecule has 0 aliphatic rings. The first-order valence-electron chi connectivity index (χ1n) is 4.80. The van der Waals surface area contributed by atoms with Crippen molar-refractivity contribution < 1.29 is 23.1 Å². The Kier molecular flexibility index (Phi) is 2.61. The third-order valence-electron chi connectivity index (χ3n) is 2.38. The molecule has 1 aromatic carbocycles. The largest absolute Gasteiger partial charge is 0.478 e. The summed E-state index contributed by atoms with van der Waals surface area (Å²) in [5, 5.41) is 9.18. The normalized spacial score (nSPS) is 11.7. The number of alkyl halides is 3. The molecule has 0 bridgehead atoms. The molecular formula is C11H7F3N2O2. The molecular weight excluding hydrogens is 249 g/mol. The van der Waals surface area contributed by atoms with Gasteiger partial charge in [-0.3, -0.25) is 0 Å². The monoisotopic (exact) mass is 256 g/mol. The van der Waals surface area contributed by atoms with Crippen molar-refractivity contribution in [3.05, 3.63) is 35.5 Å². The number of aromatic nitrogens is 1. The van der Waals surface area contributed by atoms with Crippen molar-refractivity contribution in [3.8, 4) is 0 Å². The van der Waals surface area contributed by atoms with Crippen molar-refractivity contribution in [1.29, 1.82) is 0 Å². The van der Waals surface area contributed by atoms with Crippen molar-refractivity contribution in [2.24, 2.45) is 0 Å². The predicted molar refractivity (Wildman–Crippen MR) is 58.1 cm³/mol. The van der Waals surface area contributed by atoms with E-state index in [0.29, 0.717) is 5.39 Å². The van der Waals surface area contributed by atoms with Crippen LogP contribution in [0, 0.1) is 0 Å². The summed E-state index contributed by atoms with van der Waals surface area (Å²) >= 11 is 0. The number of carboxylic acids is 1. The van der Waals surface area contributed by atoms with Gasteiger partial charge in [-0.05, 0) is 18.2 Å². The summed E-state index contributed by atoms with van der Waals surface area (Å²) in [6.07, 6.45) is -4.57. The Labute approximate surface area is 98.9 Å². The van der Waals surface area contributed by atoms with E-state index in [1.54, 1.807) is 0 Å². The number of nitrogen functional groups attached to an aromatic ring is 1. The summed E-state index contributed by atoms with van der Waals surface area (Å²) in [5.41, 5.74) is 4.06. The van der Waals surface area contributed by atoms with Crippen LogP contribution in [0.25, 0.3) is 10.9 Å². The lowest BCUT2D eigenvalue weighted by atomic mass is 10.1. The van der Waals surface area contributed by atoms with Crippen molar-refractivity contribution in [2.75, 3.05) is 5.73 Å². The fourth-order valence-electron chi connectivity index (χ4n) is 1.53. The minimum Gasteiger partial charge on any atom is -0.478 e. The minimum absolute atomic E-state index is 0.0171. The van der Waals surface area contributed by atoms with Crippen LogP contribution < -0.4 is 5.73 Å². The van der Waals surface area contributed by atoms with Crippen LogP contribution in [0.3, 0.4) is 0 Å². The highest BCUT2D eigenvalue weighted by Gasteiger charge is 2.32. The molecule has 0 aliphatic heterocycles. The van der Waals surface area contributed by atoms with Gasteiger partial charge in [0.2, 0.25) is 0 Å². The second-order valence-corrected chi connectivity index (χ2v) is 3.63. The van der Waals surface area contributed by atoms with E-state index in [9.17, 15) is 18.0 Å². The van der Waals surface area contributed by atoms with Crippen LogP contribution in [0.5, 0.6) is 0 Å². The predicted octanol–water partition coefficient (Wildman–Crippen LogP) is 2.53. The summed E-state index contributed by atoms with van der Waals surface area (Å²) in [6, 6.07) is 4.34. The van der Waals surface area contributed by atoms with Crippen LogP contribution in [0.4, 0.5) is 18.9 Å². The van der Waals surface area contributed by atoms with Gasteiger partial charge < -0.3 is 10.8 Å². The Balaban J connectivity index is 2.69. The molecule has 94 valence electrons. The number of rotatable bonds is 1. The zero-order valence-electron chi connectivity index (χ0n) is 8.82. The van der Waals surface area contributed by atoms with E-state index >= 15 is 0 Å². The number of aromatic carboxylic acids is 1. The van der Waals surface area contributed by atoms with Gasteiger partial charge in [-0.15, -0.1) is 0 Å². The third kappa shape index (κ3) is 2.06. The number of fused-ring (bicyclic) bond motifs is 1. The molecule has 0 aliphatic carbocycles. The molecule has 0 radical (unpaired) electrons. The van der Waals surface area contributed by atoms with Gasteiger partial charge in [-0.25, -0.2) is 9.78 Å². The van der Waals surface area contributed by atoms with Gasteiger partial charge in [-0.2, -0.15) is 13.2 Å². The molecule has 0 unspecified atom stereocenters. The standard InChI is InChI=1S/C11H7F3N2O2/c12-11(13,14)9-2-1-5-3-7(15)6(10(17)18)4-8(5)16-9/h1-4H,15H2,(H,17,18). The van der Waals surface area contributed by atoms with Crippen molar-refractivity contribution in [2.45, 2.75) is 6.18 Å². The molecule has 1 heterocycles. The molecule has 3 N–H and O–H groups in total. The lowest BCUT2D eigenvalue weighted by Gasteiger charge is -2.08. The Bertz CT molecular complexity index is 638. The Morgan fingerprint density at radius 2 is 1.94 bits per heavy atom. The van der Waals surface area contributed by atoms with Gasteiger partial charge in [0.05, 0.1) is 11.1 Å². The third-order valence-corrected chi connectivity index (χ3v) is 2.38. The first-order chi connectivity index (χ1) is 8.29. The first-order valence-corrected chi connectivity index (χ1v) is 4.80. The number of benzene rings is 1. The summed E-state index contributed by atoms with van der Waals surface area (Å²) in [5.74, 6) is -1.31. The highest BCUT2D eigenvalue weighted by molar-refractivity contribution is 5.99. The molecule has 0 fully saturated rings.